The summed E-state index contributed by atoms with van der Waals surface area (Å²) >= 11 is 1.86. The van der Waals surface area contributed by atoms with Crippen molar-refractivity contribution < 1.29 is 0 Å². The molecule has 1 aliphatic carbocycles. The lowest BCUT2D eigenvalue weighted by atomic mass is 9.94. The van der Waals surface area contributed by atoms with Crippen LogP contribution in [-0.2, 0) is 13.1 Å². The molecule has 3 rings (SSSR count). The fourth-order valence-electron chi connectivity index (χ4n) is 3.39. The van der Waals surface area contributed by atoms with Crippen molar-refractivity contribution in [1.29, 1.82) is 0 Å². The second kappa shape index (κ2) is 6.25. The van der Waals surface area contributed by atoms with E-state index in [1.807, 2.05) is 11.3 Å². The number of rotatable bonds is 4. The third kappa shape index (κ3) is 2.76. The number of nitrogens with two attached hydrogens (primary N) is 1. The number of fused-ring (bicyclic) bond motifs is 1. The molecular weight excluding hydrogens is 264 g/mol. The Hall–Kier alpha value is -0.900. The Balaban J connectivity index is 1.85. The van der Waals surface area contributed by atoms with Gasteiger partial charge in [-0.25, -0.2) is 0 Å². The van der Waals surface area contributed by atoms with E-state index in [0.717, 1.165) is 12.6 Å². The molecule has 2 nitrogen and oxygen atoms in total. The van der Waals surface area contributed by atoms with Gasteiger partial charge in [0, 0.05) is 28.7 Å². The van der Waals surface area contributed by atoms with Gasteiger partial charge < -0.3 is 5.73 Å². The largest absolute Gasteiger partial charge is 0.326 e. The lowest BCUT2D eigenvalue weighted by Crippen LogP contribution is -2.33. The molecule has 0 amide bonds. The zero-order chi connectivity index (χ0) is 13.9. The lowest BCUT2D eigenvalue weighted by molar-refractivity contribution is 0.185. The van der Waals surface area contributed by atoms with E-state index in [1.54, 1.807) is 0 Å². The van der Waals surface area contributed by atoms with E-state index < -0.39 is 0 Å². The highest BCUT2D eigenvalue weighted by atomic mass is 32.1. The van der Waals surface area contributed by atoms with E-state index in [9.17, 15) is 0 Å². The molecule has 0 atom stereocenters. The summed E-state index contributed by atoms with van der Waals surface area (Å²) in [6, 6.07) is 9.47. The van der Waals surface area contributed by atoms with Crippen LogP contribution < -0.4 is 5.73 Å². The Morgan fingerprint density at radius 1 is 1.20 bits per heavy atom. The molecule has 0 unspecified atom stereocenters. The monoisotopic (exact) mass is 288 g/mol. The standard InChI is InChI=1S/C17H24N2S/c1-19(13-7-3-2-4-8-13)12-15-14-9-5-6-10-16(14)20-17(15)11-18/h5-6,9-10,13H,2-4,7-8,11-12,18H2,1H3. The number of hydrogen-bond acceptors (Lipinski definition) is 3. The summed E-state index contributed by atoms with van der Waals surface area (Å²) in [5, 5.41) is 1.40. The molecule has 2 N–H and O–H groups in total. The molecule has 1 aliphatic rings. The van der Waals surface area contributed by atoms with Gasteiger partial charge in [-0.15, -0.1) is 11.3 Å². The Kier molecular flexibility index (Phi) is 4.39. The second-order valence-electron chi connectivity index (χ2n) is 5.91. The molecule has 0 spiro atoms. The molecule has 1 aromatic heterocycles. The van der Waals surface area contributed by atoms with E-state index >= 15 is 0 Å². The lowest BCUT2D eigenvalue weighted by Gasteiger charge is -2.31. The van der Waals surface area contributed by atoms with Gasteiger partial charge in [-0.3, -0.25) is 4.90 Å². The van der Waals surface area contributed by atoms with Crippen LogP contribution in [0, 0.1) is 0 Å². The highest BCUT2D eigenvalue weighted by Crippen LogP contribution is 2.33. The van der Waals surface area contributed by atoms with Crippen molar-refractivity contribution in [3.63, 3.8) is 0 Å². The van der Waals surface area contributed by atoms with Gasteiger partial charge in [0.05, 0.1) is 0 Å². The zero-order valence-corrected chi connectivity index (χ0v) is 13.1. The third-order valence-corrected chi connectivity index (χ3v) is 5.81. The van der Waals surface area contributed by atoms with Crippen LogP contribution in [0.15, 0.2) is 24.3 Å². The second-order valence-corrected chi connectivity index (χ2v) is 7.05. The summed E-state index contributed by atoms with van der Waals surface area (Å²) < 4.78 is 1.37. The molecule has 0 radical (unpaired) electrons. The Morgan fingerprint density at radius 3 is 2.70 bits per heavy atom. The van der Waals surface area contributed by atoms with Crippen LogP contribution >= 0.6 is 11.3 Å². The molecule has 0 bridgehead atoms. The minimum atomic E-state index is 0.660. The average molecular weight is 288 g/mol. The summed E-state index contributed by atoms with van der Waals surface area (Å²) in [7, 11) is 2.28. The SMILES string of the molecule is CN(Cc1c(CN)sc2ccccc12)C1CCCCC1. The fourth-order valence-corrected chi connectivity index (χ4v) is 4.48. The normalized spacial score (nSPS) is 17.1. The first-order valence-electron chi connectivity index (χ1n) is 7.69. The van der Waals surface area contributed by atoms with Crippen LogP contribution in [0.5, 0.6) is 0 Å². The van der Waals surface area contributed by atoms with Crippen LogP contribution in [0.2, 0.25) is 0 Å². The van der Waals surface area contributed by atoms with Crippen molar-refractivity contribution in [3.05, 3.63) is 34.7 Å². The van der Waals surface area contributed by atoms with Crippen molar-refractivity contribution >= 4 is 21.4 Å². The van der Waals surface area contributed by atoms with E-state index in [2.05, 4.69) is 36.2 Å². The molecule has 0 aliphatic heterocycles. The number of benzene rings is 1. The number of nitrogens with zero attached hydrogens (tertiary/aromatic N) is 1. The molecule has 1 heterocycles. The summed E-state index contributed by atoms with van der Waals surface area (Å²) in [5.74, 6) is 0. The molecule has 1 aromatic carbocycles. The van der Waals surface area contributed by atoms with Crippen LogP contribution in [0.4, 0.5) is 0 Å². The van der Waals surface area contributed by atoms with Gasteiger partial charge in [-0.2, -0.15) is 0 Å². The molecule has 2 aromatic rings. The maximum absolute atomic E-state index is 5.96. The van der Waals surface area contributed by atoms with Gasteiger partial charge in [0.25, 0.3) is 0 Å². The Labute approximate surface area is 125 Å². The first-order chi connectivity index (χ1) is 9.79. The van der Waals surface area contributed by atoms with Crippen LogP contribution in [-0.4, -0.2) is 18.0 Å². The quantitative estimate of drug-likeness (QED) is 0.916. The number of thiophene rings is 1. The van der Waals surface area contributed by atoms with E-state index in [1.165, 1.54) is 52.6 Å². The zero-order valence-electron chi connectivity index (χ0n) is 12.3. The van der Waals surface area contributed by atoms with Crippen molar-refractivity contribution in [2.45, 2.75) is 51.2 Å². The van der Waals surface area contributed by atoms with Crippen LogP contribution in [0.1, 0.15) is 42.5 Å². The molecule has 108 valence electrons. The van der Waals surface area contributed by atoms with E-state index in [4.69, 9.17) is 5.73 Å². The topological polar surface area (TPSA) is 29.3 Å². The van der Waals surface area contributed by atoms with Crippen molar-refractivity contribution in [2.75, 3.05) is 7.05 Å². The molecular formula is C17H24N2S. The minimum Gasteiger partial charge on any atom is -0.326 e. The van der Waals surface area contributed by atoms with Crippen LogP contribution in [0.25, 0.3) is 10.1 Å². The fraction of sp³-hybridized carbons (Fsp3) is 0.529. The van der Waals surface area contributed by atoms with Crippen molar-refractivity contribution in [1.82, 2.24) is 4.90 Å². The molecule has 1 fully saturated rings. The van der Waals surface area contributed by atoms with Gasteiger partial charge in [0.2, 0.25) is 0 Å². The summed E-state index contributed by atoms with van der Waals surface area (Å²) in [5.41, 5.74) is 7.42. The van der Waals surface area contributed by atoms with Gasteiger partial charge in [-0.05, 0) is 36.9 Å². The van der Waals surface area contributed by atoms with E-state index in [0.29, 0.717) is 6.54 Å². The Morgan fingerprint density at radius 2 is 1.95 bits per heavy atom. The Bertz CT molecular complexity index is 569. The van der Waals surface area contributed by atoms with Gasteiger partial charge in [0.15, 0.2) is 0 Å². The predicted octanol–water partition coefficient (Wildman–Crippen LogP) is 4.12. The maximum atomic E-state index is 5.96. The summed E-state index contributed by atoms with van der Waals surface area (Å²) in [6.45, 7) is 1.70. The maximum Gasteiger partial charge on any atom is 0.0349 e. The summed E-state index contributed by atoms with van der Waals surface area (Å²) in [6.07, 6.45) is 6.92. The molecule has 1 saturated carbocycles. The molecule has 0 saturated heterocycles. The van der Waals surface area contributed by atoms with Gasteiger partial charge in [0.1, 0.15) is 0 Å². The highest BCUT2D eigenvalue weighted by Gasteiger charge is 2.20. The van der Waals surface area contributed by atoms with Crippen LogP contribution in [0.3, 0.4) is 0 Å². The molecule has 3 heteroatoms. The predicted molar refractivity (Wildman–Crippen MR) is 88.1 cm³/mol. The van der Waals surface area contributed by atoms with Gasteiger partial charge in [-0.1, -0.05) is 37.5 Å². The minimum absolute atomic E-state index is 0.660. The average Bonchev–Trinajstić information content (AvgIpc) is 2.86. The van der Waals surface area contributed by atoms with Crippen molar-refractivity contribution in [3.8, 4) is 0 Å². The smallest absolute Gasteiger partial charge is 0.0349 e. The first-order valence-corrected chi connectivity index (χ1v) is 8.51. The molecule has 20 heavy (non-hydrogen) atoms. The highest BCUT2D eigenvalue weighted by molar-refractivity contribution is 7.19. The first kappa shape index (κ1) is 14.1. The van der Waals surface area contributed by atoms with E-state index in [-0.39, 0.29) is 0 Å². The van der Waals surface area contributed by atoms with Gasteiger partial charge >= 0.3 is 0 Å². The van der Waals surface area contributed by atoms with Crippen molar-refractivity contribution in [2.24, 2.45) is 5.73 Å². The summed E-state index contributed by atoms with van der Waals surface area (Å²) in [4.78, 5) is 3.90. The number of hydrogen-bond donors (Lipinski definition) is 1. The third-order valence-electron chi connectivity index (χ3n) is 4.57.